The Morgan fingerprint density at radius 1 is 1.21 bits per heavy atom. The van der Waals surface area contributed by atoms with Crippen molar-refractivity contribution in [3.8, 4) is 0 Å². The van der Waals surface area contributed by atoms with E-state index in [9.17, 15) is 13.6 Å². The molecule has 0 atom stereocenters. The molecule has 0 saturated carbocycles. The van der Waals surface area contributed by atoms with Crippen molar-refractivity contribution in [2.75, 3.05) is 13.1 Å². The van der Waals surface area contributed by atoms with Gasteiger partial charge in [0, 0.05) is 0 Å². The van der Waals surface area contributed by atoms with Gasteiger partial charge in [-0.2, -0.15) is 0 Å². The van der Waals surface area contributed by atoms with E-state index in [0.717, 1.165) is 0 Å². The molecular formula is C9H20F2N2O. The van der Waals surface area contributed by atoms with Crippen LogP contribution in [0.5, 0.6) is 0 Å². The van der Waals surface area contributed by atoms with Crippen LogP contribution in [0.1, 0.15) is 34.1 Å². The smallest absolute Gasteiger partial charge is 0.315 e. The summed E-state index contributed by atoms with van der Waals surface area (Å²) in [5.41, 5.74) is 0. The topological polar surface area (TPSA) is 41.1 Å². The van der Waals surface area contributed by atoms with Crippen LogP contribution in [0, 0.1) is 0 Å². The molecule has 1 saturated heterocycles. The summed E-state index contributed by atoms with van der Waals surface area (Å²) in [6.07, 6.45) is 1.25. The Hall–Kier alpha value is -0.870. The number of carbonyl (C=O) groups is 1. The van der Waals surface area contributed by atoms with Gasteiger partial charge in [-0.1, -0.05) is 34.1 Å². The molecule has 0 spiro atoms. The molecule has 2 amide bonds. The number of halogens is 2. The Balaban J connectivity index is 0. The normalized spacial score (nSPS) is 17.4. The van der Waals surface area contributed by atoms with Crippen molar-refractivity contribution in [2.45, 2.75) is 40.0 Å². The fourth-order valence-electron chi connectivity index (χ4n) is 0.544. The first-order valence-corrected chi connectivity index (χ1v) is 4.91. The molecule has 2 N–H and O–H groups in total. The number of nitrogens with one attached hydrogen (secondary N) is 2. The number of alkyl halides is 2. The quantitative estimate of drug-likeness (QED) is 0.633. The van der Waals surface area contributed by atoms with E-state index in [4.69, 9.17) is 0 Å². The van der Waals surface area contributed by atoms with E-state index in [0.29, 0.717) is 0 Å². The maximum Gasteiger partial charge on any atom is 0.315 e. The van der Waals surface area contributed by atoms with Crippen LogP contribution in [0.3, 0.4) is 0 Å². The first kappa shape index (κ1) is 15.6. The maximum atomic E-state index is 12.1. The number of amides is 2. The standard InChI is InChI=1S/C4H6F2N2O.C3H8.C2H6/c5-4(6)1-7-3(9)8-2-4;1-3-2;1-2/h1-2H2,(H2,7,8,9);3H2,1-2H3;1-2H3. The van der Waals surface area contributed by atoms with Crippen molar-refractivity contribution in [3.05, 3.63) is 0 Å². The van der Waals surface area contributed by atoms with Crippen LogP contribution >= 0.6 is 0 Å². The maximum absolute atomic E-state index is 12.1. The minimum atomic E-state index is -2.78. The molecule has 0 aromatic rings. The second-order valence-corrected chi connectivity index (χ2v) is 2.60. The minimum Gasteiger partial charge on any atom is -0.332 e. The predicted molar refractivity (Wildman–Crippen MR) is 53.7 cm³/mol. The van der Waals surface area contributed by atoms with Crippen molar-refractivity contribution in [2.24, 2.45) is 0 Å². The lowest BCUT2D eigenvalue weighted by atomic mass is 10.3. The molecule has 14 heavy (non-hydrogen) atoms. The number of rotatable bonds is 0. The summed E-state index contributed by atoms with van der Waals surface area (Å²) in [6.45, 7) is 7.14. The van der Waals surface area contributed by atoms with E-state index < -0.39 is 25.0 Å². The van der Waals surface area contributed by atoms with Gasteiger partial charge in [-0.3, -0.25) is 0 Å². The monoisotopic (exact) mass is 210 g/mol. The molecule has 0 bridgehead atoms. The zero-order valence-electron chi connectivity index (χ0n) is 9.29. The van der Waals surface area contributed by atoms with Crippen molar-refractivity contribution in [1.29, 1.82) is 0 Å². The highest BCUT2D eigenvalue weighted by molar-refractivity contribution is 5.74. The molecule has 5 heteroatoms. The van der Waals surface area contributed by atoms with Crippen molar-refractivity contribution < 1.29 is 13.6 Å². The van der Waals surface area contributed by atoms with Gasteiger partial charge in [0.15, 0.2) is 0 Å². The molecule has 1 heterocycles. The van der Waals surface area contributed by atoms with E-state index in [2.05, 4.69) is 13.8 Å². The summed E-state index contributed by atoms with van der Waals surface area (Å²) in [4.78, 5) is 10.2. The largest absolute Gasteiger partial charge is 0.332 e. The summed E-state index contributed by atoms with van der Waals surface area (Å²) in [6, 6.07) is -0.527. The van der Waals surface area contributed by atoms with Crippen LogP contribution < -0.4 is 10.6 Å². The fourth-order valence-corrected chi connectivity index (χ4v) is 0.544. The fraction of sp³-hybridized carbons (Fsp3) is 0.889. The second kappa shape index (κ2) is 8.72. The summed E-state index contributed by atoms with van der Waals surface area (Å²) in [5, 5.41) is 3.94. The van der Waals surface area contributed by atoms with Crippen molar-refractivity contribution >= 4 is 6.03 Å². The van der Waals surface area contributed by atoms with Gasteiger partial charge in [0.05, 0.1) is 13.1 Å². The lowest BCUT2D eigenvalue weighted by Crippen LogP contribution is -2.54. The molecule has 86 valence electrons. The molecular weight excluding hydrogens is 190 g/mol. The van der Waals surface area contributed by atoms with Gasteiger partial charge in [0.25, 0.3) is 5.92 Å². The minimum absolute atomic E-state index is 0.527. The van der Waals surface area contributed by atoms with Gasteiger partial charge in [0.1, 0.15) is 0 Å². The Morgan fingerprint density at radius 2 is 1.50 bits per heavy atom. The summed E-state index contributed by atoms with van der Waals surface area (Å²) in [7, 11) is 0. The molecule has 1 rings (SSSR count). The molecule has 1 fully saturated rings. The highest BCUT2D eigenvalue weighted by Gasteiger charge is 2.33. The molecule has 3 nitrogen and oxygen atoms in total. The van der Waals surface area contributed by atoms with E-state index in [-0.39, 0.29) is 0 Å². The Kier molecular flexibility index (Phi) is 9.71. The molecule has 0 radical (unpaired) electrons. The van der Waals surface area contributed by atoms with E-state index in [1.807, 2.05) is 24.5 Å². The first-order valence-electron chi connectivity index (χ1n) is 4.91. The van der Waals surface area contributed by atoms with E-state index >= 15 is 0 Å². The van der Waals surface area contributed by atoms with Gasteiger partial charge in [-0.25, -0.2) is 13.6 Å². The zero-order valence-corrected chi connectivity index (χ0v) is 9.29. The average Bonchev–Trinajstić information content (AvgIpc) is 2.15. The van der Waals surface area contributed by atoms with Gasteiger partial charge >= 0.3 is 6.03 Å². The second-order valence-electron chi connectivity index (χ2n) is 2.60. The lowest BCUT2D eigenvalue weighted by Gasteiger charge is -2.22. The summed E-state index contributed by atoms with van der Waals surface area (Å²) in [5.74, 6) is -2.78. The van der Waals surface area contributed by atoms with Gasteiger partial charge < -0.3 is 10.6 Å². The molecule has 1 aliphatic heterocycles. The number of carbonyl (C=O) groups excluding carboxylic acids is 1. The first-order chi connectivity index (χ1) is 6.52. The third-order valence-corrected chi connectivity index (χ3v) is 1.02. The van der Waals surface area contributed by atoms with Crippen molar-refractivity contribution in [1.82, 2.24) is 10.6 Å². The molecule has 1 aliphatic rings. The van der Waals surface area contributed by atoms with Gasteiger partial charge in [-0.15, -0.1) is 0 Å². The highest BCUT2D eigenvalue weighted by atomic mass is 19.3. The van der Waals surface area contributed by atoms with Crippen LogP contribution in [0.25, 0.3) is 0 Å². The number of urea groups is 1. The predicted octanol–water partition coefficient (Wildman–Crippen LogP) is 2.38. The number of hydrogen-bond acceptors (Lipinski definition) is 1. The molecule has 0 aliphatic carbocycles. The molecule has 0 aromatic heterocycles. The zero-order chi connectivity index (χ0) is 11.6. The Morgan fingerprint density at radius 3 is 1.71 bits per heavy atom. The van der Waals surface area contributed by atoms with Crippen LogP contribution in [-0.2, 0) is 0 Å². The third kappa shape index (κ3) is 9.22. The van der Waals surface area contributed by atoms with E-state index in [1.54, 1.807) is 0 Å². The summed E-state index contributed by atoms with van der Waals surface area (Å²) >= 11 is 0. The lowest BCUT2D eigenvalue weighted by molar-refractivity contribution is -0.00118. The SMILES string of the molecule is CC.CCC.O=C1NCC(F)(F)CN1. The molecule has 0 unspecified atom stereocenters. The average molecular weight is 210 g/mol. The van der Waals surface area contributed by atoms with Crippen molar-refractivity contribution in [3.63, 3.8) is 0 Å². The Bertz CT molecular complexity index is 140. The van der Waals surface area contributed by atoms with Gasteiger partial charge in [-0.05, 0) is 0 Å². The number of hydrogen-bond donors (Lipinski definition) is 2. The Labute approximate surface area is 84.3 Å². The van der Waals surface area contributed by atoms with Crippen LogP contribution in [0.15, 0.2) is 0 Å². The molecule has 0 aromatic carbocycles. The van der Waals surface area contributed by atoms with Crippen LogP contribution in [-0.4, -0.2) is 25.0 Å². The highest BCUT2D eigenvalue weighted by Crippen LogP contribution is 2.11. The van der Waals surface area contributed by atoms with E-state index in [1.165, 1.54) is 6.42 Å². The third-order valence-electron chi connectivity index (χ3n) is 1.02. The van der Waals surface area contributed by atoms with Gasteiger partial charge in [0.2, 0.25) is 0 Å². The van der Waals surface area contributed by atoms with Crippen LogP contribution in [0.2, 0.25) is 0 Å². The summed E-state index contributed by atoms with van der Waals surface area (Å²) < 4.78 is 24.2. The van der Waals surface area contributed by atoms with Crippen LogP contribution in [0.4, 0.5) is 13.6 Å².